The van der Waals surface area contributed by atoms with Crippen LogP contribution >= 0.6 is 0 Å². The molecule has 474 valence electrons. The molecule has 1 N–H and O–H groups in total. The number of likely N-dealkylation sites (tertiary alicyclic amines) is 2. The lowest BCUT2D eigenvalue weighted by molar-refractivity contribution is -0.146. The molecule has 2 atom stereocenters. The van der Waals surface area contributed by atoms with Crippen LogP contribution in [0.1, 0.15) is 148 Å². The van der Waals surface area contributed by atoms with Gasteiger partial charge >= 0.3 is 17.9 Å². The molecule has 0 spiro atoms. The molecule has 2 saturated heterocycles. The van der Waals surface area contributed by atoms with E-state index in [1.54, 1.807) is 32.9 Å². The van der Waals surface area contributed by atoms with Gasteiger partial charge in [-0.25, -0.2) is 0 Å². The number of hydrogen-bond donors (Lipinski definition) is 1. The average Bonchev–Trinajstić information content (AvgIpc) is 0.727. The van der Waals surface area contributed by atoms with Gasteiger partial charge in [-0.15, -0.1) is 0 Å². The highest BCUT2D eigenvalue weighted by Crippen LogP contribution is 2.58. The van der Waals surface area contributed by atoms with E-state index in [2.05, 4.69) is 47.9 Å². The van der Waals surface area contributed by atoms with Gasteiger partial charge in [-0.2, -0.15) is 0 Å². The number of nitrogens with zero attached hydrogens (tertiary/aromatic N) is 2. The third-order valence-corrected chi connectivity index (χ3v) is 17.5. The highest BCUT2D eigenvalue weighted by molar-refractivity contribution is 6.02. The Morgan fingerprint density at radius 2 is 0.822 bits per heavy atom. The van der Waals surface area contributed by atoms with Gasteiger partial charge in [0.2, 0.25) is 0 Å². The quantitative estimate of drug-likeness (QED) is 0.0809. The van der Waals surface area contributed by atoms with Crippen molar-refractivity contribution in [3.8, 4) is 57.5 Å². The van der Waals surface area contributed by atoms with Crippen LogP contribution in [-0.4, -0.2) is 98.5 Å². The Labute approximate surface area is 529 Å². The predicted octanol–water partition coefficient (Wildman–Crippen LogP) is 15.5. The summed E-state index contributed by atoms with van der Waals surface area (Å²) in [5.41, 5.74) is 5.12. The minimum absolute atomic E-state index is 0.254. The molecule has 0 radical (unpaired) electrons. The minimum atomic E-state index is -1.03. The third-order valence-electron chi connectivity index (χ3n) is 17.5. The number of fused-ring (bicyclic) bond motifs is 8. The van der Waals surface area contributed by atoms with E-state index in [4.69, 9.17) is 47.7 Å². The topological polar surface area (TPSA) is 161 Å². The maximum Gasteiger partial charge on any atom is 0.316 e. The molecule has 12 rings (SSSR count). The fourth-order valence-corrected chi connectivity index (χ4v) is 12.2. The lowest BCUT2D eigenvalue weighted by atomic mass is 9.76. The van der Waals surface area contributed by atoms with Gasteiger partial charge in [0.05, 0.1) is 16.2 Å². The SMILES string of the molecule is CC(C)(C)C(=O)O.CC(C)(C)C(=O)Oc1ccc2c(c1)OCC1=C2C(C)(c2cccc(OCCN3CCCCC3)c2)Oc2cc(Oc3ccc4c(c3)OC(C)(c3cccc(OCCN5CCCCC5)c3)C3=C4COc4cc(OC(=O)C(C)(C)C)ccc43)ccc21. The molecule has 0 aliphatic carbocycles. The van der Waals surface area contributed by atoms with E-state index in [1.165, 1.54) is 38.5 Å². The molecule has 90 heavy (non-hydrogen) atoms. The molecule has 15 heteroatoms. The van der Waals surface area contributed by atoms with Crippen LogP contribution in [-0.2, 0) is 25.6 Å². The van der Waals surface area contributed by atoms with E-state index < -0.39 is 33.4 Å². The van der Waals surface area contributed by atoms with Crippen LogP contribution in [0.25, 0.3) is 22.3 Å². The van der Waals surface area contributed by atoms with E-state index in [0.29, 0.717) is 59.2 Å². The molecule has 6 aromatic carbocycles. The molecule has 6 aromatic rings. The number of benzene rings is 6. The highest BCUT2D eigenvalue weighted by atomic mass is 16.5. The summed E-state index contributed by atoms with van der Waals surface area (Å²) in [6.45, 7) is 28.0. The lowest BCUT2D eigenvalue weighted by Gasteiger charge is -2.42. The van der Waals surface area contributed by atoms with Crippen molar-refractivity contribution in [3.63, 3.8) is 0 Å². The maximum absolute atomic E-state index is 13.0. The molecule has 0 aromatic heterocycles. The van der Waals surface area contributed by atoms with E-state index in [-0.39, 0.29) is 25.2 Å². The minimum Gasteiger partial charge on any atom is -0.492 e. The molecule has 15 nitrogen and oxygen atoms in total. The van der Waals surface area contributed by atoms with Crippen LogP contribution in [0.3, 0.4) is 0 Å². The van der Waals surface area contributed by atoms with Crippen molar-refractivity contribution < 1.29 is 62.1 Å². The Morgan fingerprint density at radius 1 is 0.456 bits per heavy atom. The summed E-state index contributed by atoms with van der Waals surface area (Å²) in [6.07, 6.45) is 7.47. The van der Waals surface area contributed by atoms with E-state index in [9.17, 15) is 14.4 Å². The first kappa shape index (κ1) is 63.3. The number of carboxylic acid groups (broad SMARTS) is 1. The zero-order chi connectivity index (χ0) is 63.8. The first-order chi connectivity index (χ1) is 42.8. The van der Waals surface area contributed by atoms with Crippen LogP contribution in [0.15, 0.2) is 121 Å². The molecule has 6 aliphatic heterocycles. The summed E-state index contributed by atoms with van der Waals surface area (Å²) in [6, 6.07) is 39.4. The Hall–Kier alpha value is -8.27. The molecule has 2 fully saturated rings. The van der Waals surface area contributed by atoms with Crippen molar-refractivity contribution in [1.29, 1.82) is 0 Å². The number of esters is 2. The van der Waals surface area contributed by atoms with Crippen molar-refractivity contribution in [1.82, 2.24) is 9.80 Å². The maximum atomic E-state index is 13.0. The van der Waals surface area contributed by atoms with Gasteiger partial charge in [0.15, 0.2) is 11.2 Å². The summed E-state index contributed by atoms with van der Waals surface area (Å²) in [5, 5.41) is 8.25. The number of carbonyl (C=O) groups excluding carboxylic acids is 2. The third kappa shape index (κ3) is 13.7. The number of aliphatic carboxylic acids is 1. The van der Waals surface area contributed by atoms with Gasteiger partial charge in [-0.1, -0.05) is 37.1 Å². The standard InChI is InChI=1S/C70H76N2O11.C5H10O2/c1-67(2,3)65(73)80-51-23-27-55-59(39-51)77-43-57-53-25-21-49(41-61(53)82-69(7,63(55)57)45-17-15-19-47(37-45)75-35-33-71-29-11-9-12-30-71)79-50-22-26-54-58-44-78-60-40-52(81-66(74)68(4,5)6)24-28-56(60)64(58)70(8,83-62(54)42-50)46-18-16-20-48(38-46)76-36-34-72-31-13-10-14-32-72;1-5(2,3)4(6)7/h15-28,37-42H,9-14,29-36,43-44H2,1-8H3;1-3H3,(H,6,7). The first-order valence-electron chi connectivity index (χ1n) is 31.8. The second kappa shape index (κ2) is 25.5. The summed E-state index contributed by atoms with van der Waals surface area (Å²) in [7, 11) is 0. The van der Waals surface area contributed by atoms with Crippen LogP contribution in [0.4, 0.5) is 0 Å². The van der Waals surface area contributed by atoms with E-state index >= 15 is 0 Å². The number of piperidine rings is 2. The molecule has 0 amide bonds. The second-order valence-corrected chi connectivity index (χ2v) is 27.7. The Bertz CT molecular complexity index is 3530. The van der Waals surface area contributed by atoms with Gasteiger partial charge in [0, 0.05) is 93.0 Å². The molecular weight excluding hydrogens is 1140 g/mol. The van der Waals surface area contributed by atoms with Gasteiger partial charge < -0.3 is 47.7 Å². The Kier molecular flexibility index (Phi) is 18.0. The molecule has 0 bridgehead atoms. The van der Waals surface area contributed by atoms with E-state index in [0.717, 1.165) is 106 Å². The normalized spacial score (nSPS) is 19.6. The van der Waals surface area contributed by atoms with E-state index in [1.807, 2.05) is 126 Å². The monoisotopic (exact) mass is 1220 g/mol. The Morgan fingerprint density at radius 3 is 1.20 bits per heavy atom. The van der Waals surface area contributed by atoms with Crippen LogP contribution in [0, 0.1) is 16.2 Å². The van der Waals surface area contributed by atoms with Gasteiger partial charge in [-0.3, -0.25) is 24.2 Å². The molecule has 2 unspecified atom stereocenters. The smallest absolute Gasteiger partial charge is 0.316 e. The van der Waals surface area contributed by atoms with Crippen molar-refractivity contribution in [2.24, 2.45) is 16.2 Å². The summed E-state index contributed by atoms with van der Waals surface area (Å²) in [5.74, 6) is 4.54. The summed E-state index contributed by atoms with van der Waals surface area (Å²) in [4.78, 5) is 41.0. The first-order valence-corrected chi connectivity index (χ1v) is 31.8. The van der Waals surface area contributed by atoms with Crippen molar-refractivity contribution >= 4 is 40.2 Å². The van der Waals surface area contributed by atoms with Crippen LogP contribution in [0.2, 0.25) is 0 Å². The molecule has 6 heterocycles. The fourth-order valence-electron chi connectivity index (χ4n) is 12.2. The average molecular weight is 1220 g/mol. The fraction of sp³-hybridized carbons (Fsp3) is 0.427. The second-order valence-electron chi connectivity index (χ2n) is 27.7. The van der Waals surface area contributed by atoms with Crippen molar-refractivity contribution in [3.05, 3.63) is 155 Å². The Balaban J connectivity index is 0.00000113. The number of carboxylic acids is 1. The number of hydrogen-bond acceptors (Lipinski definition) is 14. The van der Waals surface area contributed by atoms with Gasteiger partial charge in [0.25, 0.3) is 0 Å². The predicted molar refractivity (Wildman–Crippen MR) is 348 cm³/mol. The largest absolute Gasteiger partial charge is 0.492 e. The van der Waals surface area contributed by atoms with Gasteiger partial charge in [0.1, 0.15) is 83.9 Å². The zero-order valence-corrected chi connectivity index (χ0v) is 54.1. The number of ether oxygens (including phenoxy) is 9. The van der Waals surface area contributed by atoms with Crippen LogP contribution < -0.4 is 42.6 Å². The summed E-state index contributed by atoms with van der Waals surface area (Å²) >= 11 is 0. The van der Waals surface area contributed by atoms with Gasteiger partial charge in [-0.05, 0) is 201 Å². The number of rotatable bonds is 14. The summed E-state index contributed by atoms with van der Waals surface area (Å²) < 4.78 is 59.3. The van der Waals surface area contributed by atoms with Crippen molar-refractivity contribution in [2.75, 3.05) is 65.7 Å². The zero-order valence-electron chi connectivity index (χ0n) is 54.1. The lowest BCUT2D eigenvalue weighted by Crippen LogP contribution is -2.37. The molecular formula is C75H86N2O13. The highest BCUT2D eigenvalue weighted by Gasteiger charge is 2.47. The molecule has 0 saturated carbocycles. The molecule has 6 aliphatic rings. The van der Waals surface area contributed by atoms with Crippen LogP contribution in [0.5, 0.6) is 57.5 Å². The number of carbonyl (C=O) groups is 3. The van der Waals surface area contributed by atoms with Crippen molar-refractivity contribution in [2.45, 2.75) is 126 Å².